The van der Waals surface area contributed by atoms with E-state index in [4.69, 9.17) is 34.7 Å². The highest BCUT2D eigenvalue weighted by molar-refractivity contribution is 7.98. The number of nitrogens with two attached hydrogens (primary N) is 2. The molecule has 0 bridgehead atoms. The van der Waals surface area contributed by atoms with E-state index in [9.17, 15) is 4.79 Å². The number of nitrogens with one attached hydrogen (secondary N) is 1. The summed E-state index contributed by atoms with van der Waals surface area (Å²) in [6, 6.07) is 5.14. The van der Waals surface area contributed by atoms with Crippen molar-refractivity contribution in [2.75, 3.05) is 17.3 Å². The predicted molar refractivity (Wildman–Crippen MR) is 90.5 cm³/mol. The highest BCUT2D eigenvalue weighted by atomic mass is 35.5. The molecule has 1 heterocycles. The van der Waals surface area contributed by atoms with E-state index in [-0.39, 0.29) is 17.2 Å². The van der Waals surface area contributed by atoms with Gasteiger partial charge in [0.1, 0.15) is 17.2 Å². The minimum Gasteiger partial charge on any atom is -0.383 e. The number of anilines is 2. The maximum absolute atomic E-state index is 11.5. The molecule has 2 aromatic rings. The van der Waals surface area contributed by atoms with Crippen LogP contribution in [0.2, 0.25) is 10.0 Å². The molecule has 0 unspecified atom stereocenters. The quantitative estimate of drug-likeness (QED) is 0.560. The van der Waals surface area contributed by atoms with Crippen molar-refractivity contribution in [1.82, 2.24) is 9.97 Å². The van der Waals surface area contributed by atoms with Gasteiger partial charge < -0.3 is 16.8 Å². The number of rotatable bonds is 5. The molecule has 0 saturated carbocycles. The van der Waals surface area contributed by atoms with Gasteiger partial charge in [0.15, 0.2) is 5.16 Å². The van der Waals surface area contributed by atoms with Crippen LogP contribution in [0, 0.1) is 0 Å². The smallest absolute Gasteiger partial charge is 0.256 e. The molecule has 1 amide bonds. The number of halogens is 2. The summed E-state index contributed by atoms with van der Waals surface area (Å²) >= 11 is 13.3. The fourth-order valence-corrected chi connectivity index (χ4v) is 2.61. The number of hydrogen-bond acceptors (Lipinski definition) is 6. The Balaban J connectivity index is 2.32. The molecule has 6 nitrogen and oxygen atoms in total. The van der Waals surface area contributed by atoms with Crippen molar-refractivity contribution in [2.45, 2.75) is 11.7 Å². The van der Waals surface area contributed by atoms with Gasteiger partial charge in [-0.1, -0.05) is 41.0 Å². The number of primary amides is 1. The van der Waals surface area contributed by atoms with Crippen molar-refractivity contribution in [3.8, 4) is 0 Å². The van der Waals surface area contributed by atoms with E-state index in [1.165, 1.54) is 11.8 Å². The van der Waals surface area contributed by atoms with E-state index < -0.39 is 5.91 Å². The molecule has 0 fully saturated rings. The van der Waals surface area contributed by atoms with Crippen molar-refractivity contribution in [3.63, 3.8) is 0 Å². The summed E-state index contributed by atoms with van der Waals surface area (Å²) in [5.41, 5.74) is 12.0. The van der Waals surface area contributed by atoms with E-state index in [2.05, 4.69) is 15.3 Å². The molecule has 0 aliphatic carbocycles. The topological polar surface area (TPSA) is 107 Å². The molecule has 0 saturated heterocycles. The summed E-state index contributed by atoms with van der Waals surface area (Å²) in [6.45, 7) is 0.334. The van der Waals surface area contributed by atoms with E-state index >= 15 is 0 Å². The van der Waals surface area contributed by atoms with Crippen LogP contribution in [-0.2, 0) is 6.54 Å². The maximum atomic E-state index is 11.5. The van der Waals surface area contributed by atoms with Crippen molar-refractivity contribution in [1.29, 1.82) is 0 Å². The predicted octanol–water partition coefficient (Wildman–Crippen LogP) is 2.80. The number of hydrogen-bond donors (Lipinski definition) is 3. The van der Waals surface area contributed by atoms with Crippen LogP contribution in [0.1, 0.15) is 15.9 Å². The van der Waals surface area contributed by atoms with E-state index in [1.807, 2.05) is 0 Å². The Hall–Kier alpha value is -1.70. The Morgan fingerprint density at radius 3 is 2.68 bits per heavy atom. The van der Waals surface area contributed by atoms with Gasteiger partial charge in [0, 0.05) is 16.6 Å². The van der Waals surface area contributed by atoms with Crippen LogP contribution in [0.3, 0.4) is 0 Å². The zero-order valence-electron chi connectivity index (χ0n) is 11.6. The Kier molecular flexibility index (Phi) is 5.33. The molecule has 0 atom stereocenters. The SMILES string of the molecule is CSc1nc(N)c(C(N)=O)c(NCc2ccc(Cl)cc2Cl)n1. The molecule has 0 radical (unpaired) electrons. The largest absolute Gasteiger partial charge is 0.383 e. The van der Waals surface area contributed by atoms with Crippen molar-refractivity contribution in [3.05, 3.63) is 39.4 Å². The first-order valence-corrected chi connectivity index (χ1v) is 8.09. The summed E-state index contributed by atoms with van der Waals surface area (Å²) in [5, 5.41) is 4.50. The Labute approximate surface area is 141 Å². The number of amides is 1. The molecule has 0 spiro atoms. The van der Waals surface area contributed by atoms with Gasteiger partial charge in [-0.15, -0.1) is 0 Å². The third kappa shape index (κ3) is 3.73. The van der Waals surface area contributed by atoms with E-state index in [0.717, 1.165) is 5.56 Å². The summed E-state index contributed by atoms with van der Waals surface area (Å²) in [7, 11) is 0. The Bertz CT molecular complexity index is 726. The Morgan fingerprint density at radius 2 is 2.09 bits per heavy atom. The highest BCUT2D eigenvalue weighted by Crippen LogP contribution is 2.25. The lowest BCUT2D eigenvalue weighted by atomic mass is 10.2. The average Bonchev–Trinajstić information content (AvgIpc) is 2.45. The molecule has 0 aliphatic rings. The van der Waals surface area contributed by atoms with Crippen LogP contribution in [-0.4, -0.2) is 22.1 Å². The first-order chi connectivity index (χ1) is 10.4. The molecular formula is C13H13Cl2N5OS. The van der Waals surface area contributed by atoms with Gasteiger partial charge in [-0.05, 0) is 24.0 Å². The Morgan fingerprint density at radius 1 is 1.36 bits per heavy atom. The molecule has 0 aliphatic heterocycles. The molecule has 116 valence electrons. The van der Waals surface area contributed by atoms with Crippen LogP contribution in [0.5, 0.6) is 0 Å². The van der Waals surface area contributed by atoms with Crippen LogP contribution in [0.4, 0.5) is 11.6 Å². The van der Waals surface area contributed by atoms with E-state index in [1.54, 1.807) is 24.5 Å². The fraction of sp³-hybridized carbons (Fsp3) is 0.154. The van der Waals surface area contributed by atoms with Gasteiger partial charge >= 0.3 is 0 Å². The molecule has 1 aromatic carbocycles. The minimum atomic E-state index is -0.699. The number of carbonyl (C=O) groups excluding carboxylic acids is 1. The van der Waals surface area contributed by atoms with Crippen molar-refractivity contribution < 1.29 is 4.79 Å². The fourth-order valence-electron chi connectivity index (χ4n) is 1.76. The van der Waals surface area contributed by atoms with Gasteiger partial charge in [-0.3, -0.25) is 4.79 Å². The van der Waals surface area contributed by atoms with Gasteiger partial charge in [0.2, 0.25) is 0 Å². The number of thioether (sulfide) groups is 1. The van der Waals surface area contributed by atoms with Gasteiger partial charge in [-0.2, -0.15) is 0 Å². The van der Waals surface area contributed by atoms with Crippen LogP contribution in [0.15, 0.2) is 23.4 Å². The lowest BCUT2D eigenvalue weighted by Gasteiger charge is -2.12. The number of aromatic nitrogens is 2. The number of nitrogens with zero attached hydrogens (tertiary/aromatic N) is 2. The molecule has 2 rings (SSSR count). The first kappa shape index (κ1) is 16.7. The zero-order valence-corrected chi connectivity index (χ0v) is 13.9. The maximum Gasteiger partial charge on any atom is 0.256 e. The first-order valence-electron chi connectivity index (χ1n) is 6.11. The average molecular weight is 358 g/mol. The van der Waals surface area contributed by atoms with Gasteiger partial charge in [0.25, 0.3) is 5.91 Å². The number of nitrogen functional groups attached to an aromatic ring is 1. The third-order valence-electron chi connectivity index (χ3n) is 2.81. The number of benzene rings is 1. The standard InChI is InChI=1S/C13H13Cl2N5OS/c1-22-13-19-10(16)9(11(17)21)12(20-13)18-5-6-2-3-7(14)4-8(6)15/h2-4H,5H2,1H3,(H2,17,21)(H3,16,18,19,20). The van der Waals surface area contributed by atoms with Crippen LogP contribution >= 0.6 is 35.0 Å². The lowest BCUT2D eigenvalue weighted by Crippen LogP contribution is -2.19. The van der Waals surface area contributed by atoms with Crippen molar-refractivity contribution in [2.24, 2.45) is 5.73 Å². The summed E-state index contributed by atoms with van der Waals surface area (Å²) in [5.74, 6) is -0.387. The minimum absolute atomic E-state index is 0.0385. The third-order valence-corrected chi connectivity index (χ3v) is 3.94. The summed E-state index contributed by atoms with van der Waals surface area (Å²) in [4.78, 5) is 19.8. The molecule has 9 heteroatoms. The number of carbonyl (C=O) groups is 1. The molecule has 5 N–H and O–H groups in total. The monoisotopic (exact) mass is 357 g/mol. The summed E-state index contributed by atoms with van der Waals surface area (Å²) in [6.07, 6.45) is 1.80. The summed E-state index contributed by atoms with van der Waals surface area (Å²) < 4.78 is 0. The second-order valence-electron chi connectivity index (χ2n) is 4.27. The zero-order chi connectivity index (χ0) is 16.3. The second kappa shape index (κ2) is 7.04. The van der Waals surface area contributed by atoms with Gasteiger partial charge in [0.05, 0.1) is 0 Å². The molecular weight excluding hydrogens is 345 g/mol. The van der Waals surface area contributed by atoms with Crippen LogP contribution in [0.25, 0.3) is 0 Å². The van der Waals surface area contributed by atoms with Crippen molar-refractivity contribution >= 4 is 52.5 Å². The molecule has 22 heavy (non-hydrogen) atoms. The second-order valence-corrected chi connectivity index (χ2v) is 5.89. The lowest BCUT2D eigenvalue weighted by molar-refractivity contribution is 0.100. The van der Waals surface area contributed by atoms with Gasteiger partial charge in [-0.25, -0.2) is 9.97 Å². The van der Waals surface area contributed by atoms with E-state index in [0.29, 0.717) is 21.7 Å². The molecule has 1 aromatic heterocycles. The normalized spacial score (nSPS) is 10.5. The highest BCUT2D eigenvalue weighted by Gasteiger charge is 2.17. The van der Waals surface area contributed by atoms with Crippen LogP contribution < -0.4 is 16.8 Å².